The zero-order valence-corrected chi connectivity index (χ0v) is 22.7. The van der Waals surface area contributed by atoms with Gasteiger partial charge in [0.25, 0.3) is 5.91 Å². The number of anilines is 1. The molecule has 2 amide bonds. The lowest BCUT2D eigenvalue weighted by Crippen LogP contribution is -2.52. The van der Waals surface area contributed by atoms with Gasteiger partial charge in [-0.25, -0.2) is 0 Å². The summed E-state index contributed by atoms with van der Waals surface area (Å²) in [5.74, 6) is -0.463. The Balaban J connectivity index is 1.19. The number of fused-ring (bicyclic) bond motifs is 1. The van der Waals surface area contributed by atoms with E-state index in [1.54, 1.807) is 23.3 Å². The summed E-state index contributed by atoms with van der Waals surface area (Å²) < 4.78 is 0. The highest BCUT2D eigenvalue weighted by Gasteiger charge is 2.42. The van der Waals surface area contributed by atoms with E-state index in [-0.39, 0.29) is 17.9 Å². The van der Waals surface area contributed by atoms with E-state index in [0.29, 0.717) is 18.2 Å². The number of carbonyl (C=O) groups is 2. The number of hydrogen-bond donors (Lipinski definition) is 1. The SMILES string of the molecule is Cc1cccc(N2CCN(CCCNC(=O)[C@@H]3c4ccccc4C(=O)N(C)[C@H]3c3cccs3)C[C@@H]2C)c1. The van der Waals surface area contributed by atoms with Gasteiger partial charge < -0.3 is 15.1 Å². The van der Waals surface area contributed by atoms with Crippen molar-refractivity contribution in [2.75, 3.05) is 44.7 Å². The molecule has 2 aromatic carbocycles. The van der Waals surface area contributed by atoms with Crippen molar-refractivity contribution in [1.82, 2.24) is 15.1 Å². The first-order valence-corrected chi connectivity index (χ1v) is 14.0. The molecule has 0 bridgehead atoms. The van der Waals surface area contributed by atoms with Crippen molar-refractivity contribution in [1.29, 1.82) is 0 Å². The number of carbonyl (C=O) groups excluding carboxylic acids is 2. The second kappa shape index (κ2) is 11.1. The molecule has 0 saturated carbocycles. The van der Waals surface area contributed by atoms with Crippen LogP contribution < -0.4 is 10.2 Å². The molecule has 7 heteroatoms. The number of benzene rings is 2. The van der Waals surface area contributed by atoms with Gasteiger partial charge in [0.15, 0.2) is 0 Å². The molecule has 1 N–H and O–H groups in total. The molecule has 0 aliphatic carbocycles. The number of amides is 2. The predicted octanol–water partition coefficient (Wildman–Crippen LogP) is 4.68. The van der Waals surface area contributed by atoms with E-state index >= 15 is 0 Å². The number of aryl methyl sites for hydroxylation is 1. The molecule has 1 fully saturated rings. The third-order valence-electron chi connectivity index (χ3n) is 7.69. The minimum absolute atomic E-state index is 0.0113. The minimum atomic E-state index is -0.421. The van der Waals surface area contributed by atoms with Gasteiger partial charge in [-0.05, 0) is 67.6 Å². The maximum atomic E-state index is 13.6. The van der Waals surface area contributed by atoms with Crippen molar-refractivity contribution >= 4 is 28.8 Å². The fourth-order valence-corrected chi connectivity index (χ4v) is 6.73. The van der Waals surface area contributed by atoms with E-state index in [2.05, 4.69) is 53.2 Å². The summed E-state index contributed by atoms with van der Waals surface area (Å²) in [6.07, 6.45) is 0.899. The van der Waals surface area contributed by atoms with Crippen molar-refractivity contribution in [2.45, 2.75) is 38.3 Å². The smallest absolute Gasteiger partial charge is 0.254 e. The Morgan fingerprint density at radius 1 is 1.08 bits per heavy atom. The molecular formula is C30H36N4O2S. The van der Waals surface area contributed by atoms with Crippen molar-refractivity contribution < 1.29 is 9.59 Å². The number of rotatable bonds is 7. The average Bonchev–Trinajstić information content (AvgIpc) is 3.43. The molecule has 5 rings (SSSR count). The molecule has 37 heavy (non-hydrogen) atoms. The average molecular weight is 517 g/mol. The molecule has 194 valence electrons. The monoisotopic (exact) mass is 516 g/mol. The number of likely N-dealkylation sites (N-methyl/N-ethyl adjacent to an activating group) is 1. The zero-order chi connectivity index (χ0) is 25.9. The van der Waals surface area contributed by atoms with Gasteiger partial charge >= 0.3 is 0 Å². The van der Waals surface area contributed by atoms with Crippen LogP contribution in [-0.2, 0) is 4.79 Å². The normalized spacial score (nSPS) is 22.1. The molecule has 3 heterocycles. The maximum absolute atomic E-state index is 13.6. The summed E-state index contributed by atoms with van der Waals surface area (Å²) in [5, 5.41) is 5.21. The van der Waals surface area contributed by atoms with Gasteiger partial charge in [-0.3, -0.25) is 14.5 Å². The lowest BCUT2D eigenvalue weighted by atomic mass is 9.81. The van der Waals surface area contributed by atoms with Crippen LogP contribution >= 0.6 is 11.3 Å². The lowest BCUT2D eigenvalue weighted by Gasteiger charge is -2.41. The molecular weight excluding hydrogens is 480 g/mol. The number of hydrogen-bond acceptors (Lipinski definition) is 5. The van der Waals surface area contributed by atoms with Crippen LogP contribution in [-0.4, -0.2) is 67.4 Å². The summed E-state index contributed by atoms with van der Waals surface area (Å²) in [6.45, 7) is 9.07. The Bertz CT molecular complexity index is 1240. The highest BCUT2D eigenvalue weighted by molar-refractivity contribution is 7.10. The Kier molecular flexibility index (Phi) is 7.63. The molecule has 3 aromatic rings. The lowest BCUT2D eigenvalue weighted by molar-refractivity contribution is -0.124. The number of nitrogens with zero attached hydrogens (tertiary/aromatic N) is 3. The van der Waals surface area contributed by atoms with Crippen molar-refractivity contribution in [2.24, 2.45) is 0 Å². The summed E-state index contributed by atoms with van der Waals surface area (Å²) in [7, 11) is 1.81. The van der Waals surface area contributed by atoms with Crippen LogP contribution in [0.4, 0.5) is 5.69 Å². The van der Waals surface area contributed by atoms with Gasteiger partial charge in [0.05, 0.1) is 12.0 Å². The molecule has 2 aliphatic rings. The van der Waals surface area contributed by atoms with E-state index in [4.69, 9.17) is 0 Å². The van der Waals surface area contributed by atoms with Crippen LogP contribution in [0.3, 0.4) is 0 Å². The number of thiophene rings is 1. The first-order valence-electron chi connectivity index (χ1n) is 13.2. The highest BCUT2D eigenvalue weighted by atomic mass is 32.1. The van der Waals surface area contributed by atoms with Gasteiger partial charge in [-0.2, -0.15) is 0 Å². The Morgan fingerprint density at radius 2 is 1.92 bits per heavy atom. The van der Waals surface area contributed by atoms with Crippen molar-refractivity contribution in [3.05, 3.63) is 87.6 Å². The summed E-state index contributed by atoms with van der Waals surface area (Å²) in [6, 6.07) is 20.4. The van der Waals surface area contributed by atoms with Gasteiger partial charge in [0.2, 0.25) is 5.91 Å². The number of nitrogens with one attached hydrogen (secondary N) is 1. The Hall–Kier alpha value is -3.16. The van der Waals surface area contributed by atoms with E-state index in [1.165, 1.54) is 11.3 Å². The summed E-state index contributed by atoms with van der Waals surface area (Å²) in [5.41, 5.74) is 4.04. The fourth-order valence-electron chi connectivity index (χ4n) is 5.82. The van der Waals surface area contributed by atoms with E-state index in [0.717, 1.165) is 43.0 Å². The quantitative estimate of drug-likeness (QED) is 0.463. The first-order chi connectivity index (χ1) is 17.9. The molecule has 0 spiro atoms. The van der Waals surface area contributed by atoms with Crippen molar-refractivity contribution in [3.8, 4) is 0 Å². The Morgan fingerprint density at radius 3 is 2.68 bits per heavy atom. The van der Waals surface area contributed by atoms with Crippen LogP contribution in [0, 0.1) is 6.92 Å². The number of piperazine rings is 1. The summed E-state index contributed by atoms with van der Waals surface area (Å²) >= 11 is 1.59. The van der Waals surface area contributed by atoms with Gasteiger partial charge in [-0.15, -0.1) is 11.3 Å². The van der Waals surface area contributed by atoms with Crippen molar-refractivity contribution in [3.63, 3.8) is 0 Å². The van der Waals surface area contributed by atoms with Crippen LogP contribution in [0.25, 0.3) is 0 Å². The Labute approximate surface area is 223 Å². The van der Waals surface area contributed by atoms with Crippen LogP contribution in [0.15, 0.2) is 66.0 Å². The van der Waals surface area contributed by atoms with E-state index in [9.17, 15) is 9.59 Å². The van der Waals surface area contributed by atoms with Gasteiger partial charge in [-0.1, -0.05) is 36.4 Å². The van der Waals surface area contributed by atoms with Gasteiger partial charge in [0.1, 0.15) is 0 Å². The standard InChI is InChI=1S/C30H36N4O2S/c1-21-9-6-10-23(19-21)34-17-16-33(20-22(34)2)15-8-14-31-29(35)27-24-11-4-5-12-25(24)30(36)32(3)28(27)26-13-7-18-37-26/h4-7,9-13,18-19,22,27-28H,8,14-17,20H2,1-3H3,(H,31,35)/t22-,27+,28-/m0/s1. The molecule has 1 saturated heterocycles. The molecule has 1 aromatic heterocycles. The highest BCUT2D eigenvalue weighted by Crippen LogP contribution is 2.43. The first kappa shape index (κ1) is 25.5. The van der Waals surface area contributed by atoms with Crippen LogP contribution in [0.2, 0.25) is 0 Å². The fraction of sp³-hybridized carbons (Fsp3) is 0.400. The second-order valence-corrected chi connectivity index (χ2v) is 11.2. The molecule has 6 nitrogen and oxygen atoms in total. The zero-order valence-electron chi connectivity index (χ0n) is 21.9. The van der Waals surface area contributed by atoms with Crippen LogP contribution in [0.5, 0.6) is 0 Å². The minimum Gasteiger partial charge on any atom is -0.366 e. The third kappa shape index (κ3) is 5.29. The van der Waals surface area contributed by atoms with Crippen LogP contribution in [0.1, 0.15) is 51.7 Å². The third-order valence-corrected chi connectivity index (χ3v) is 8.63. The molecule has 0 radical (unpaired) electrons. The molecule has 2 aliphatic heterocycles. The second-order valence-electron chi connectivity index (χ2n) is 10.3. The van der Waals surface area contributed by atoms with E-state index in [1.807, 2.05) is 41.8 Å². The van der Waals surface area contributed by atoms with E-state index < -0.39 is 5.92 Å². The molecule has 0 unspecified atom stereocenters. The largest absolute Gasteiger partial charge is 0.366 e. The van der Waals surface area contributed by atoms with Gasteiger partial charge in [0, 0.05) is 55.4 Å². The predicted molar refractivity (Wildman–Crippen MR) is 150 cm³/mol. The molecule has 3 atom stereocenters. The maximum Gasteiger partial charge on any atom is 0.254 e. The summed E-state index contributed by atoms with van der Waals surface area (Å²) in [4.78, 5) is 34.4. The topological polar surface area (TPSA) is 55.9 Å².